The van der Waals surface area contributed by atoms with Crippen LogP contribution in [0.2, 0.25) is 0 Å². The van der Waals surface area contributed by atoms with Crippen molar-refractivity contribution in [1.82, 2.24) is 14.9 Å². The number of aromatic nitrogens is 2. The van der Waals surface area contributed by atoms with Crippen LogP contribution in [-0.4, -0.2) is 52.2 Å². The van der Waals surface area contributed by atoms with Crippen molar-refractivity contribution in [3.8, 4) is 0 Å². The van der Waals surface area contributed by atoms with Gasteiger partial charge in [0.25, 0.3) is 5.91 Å². The molecule has 1 aliphatic heterocycles. The number of ether oxygens (including phenoxy) is 1. The molecule has 0 bridgehead atoms. The van der Waals surface area contributed by atoms with E-state index in [2.05, 4.69) is 9.97 Å². The molecule has 0 radical (unpaired) electrons. The number of carbonyl (C=O) groups excluding carboxylic acids is 3. The fourth-order valence-corrected chi connectivity index (χ4v) is 3.58. The van der Waals surface area contributed by atoms with Gasteiger partial charge in [-0.1, -0.05) is 0 Å². The molecule has 1 amide bonds. The van der Waals surface area contributed by atoms with Gasteiger partial charge in [0.1, 0.15) is 10.6 Å². The molecule has 1 saturated heterocycles. The second-order valence-electron chi connectivity index (χ2n) is 5.95. The van der Waals surface area contributed by atoms with Crippen LogP contribution in [-0.2, 0) is 4.74 Å². The number of hydrogen-bond donors (Lipinski definition) is 1. The molecule has 0 aromatic carbocycles. The standard InChI is InChI=1S/C17H19N3O4S/c1-10-15(25-11(2)19-10)17(23)24-9-14(21)12-7-13(18-8-12)16(22)20-5-3-4-6-20/h7-8,18H,3-6,9H2,1-2H3. The smallest absolute Gasteiger partial charge is 0.350 e. The Balaban J connectivity index is 1.59. The number of ketones is 1. The van der Waals surface area contributed by atoms with Crippen molar-refractivity contribution in [2.75, 3.05) is 19.7 Å². The summed E-state index contributed by atoms with van der Waals surface area (Å²) >= 11 is 1.24. The van der Waals surface area contributed by atoms with E-state index in [0.717, 1.165) is 30.9 Å². The Morgan fingerprint density at radius 1 is 1.28 bits per heavy atom. The summed E-state index contributed by atoms with van der Waals surface area (Å²) in [5.74, 6) is -1.02. The lowest BCUT2D eigenvalue weighted by Crippen LogP contribution is -2.27. The normalized spacial score (nSPS) is 13.9. The van der Waals surface area contributed by atoms with Gasteiger partial charge in [-0.3, -0.25) is 9.59 Å². The number of nitrogens with zero attached hydrogens (tertiary/aromatic N) is 2. The molecule has 2 aromatic heterocycles. The average Bonchev–Trinajstić information content (AvgIpc) is 3.32. The van der Waals surface area contributed by atoms with Crippen molar-refractivity contribution in [2.24, 2.45) is 0 Å². The van der Waals surface area contributed by atoms with Gasteiger partial charge in [-0.25, -0.2) is 9.78 Å². The fraction of sp³-hybridized carbons (Fsp3) is 0.412. The maximum atomic E-state index is 12.3. The maximum absolute atomic E-state index is 12.3. The van der Waals surface area contributed by atoms with Crippen LogP contribution in [0.4, 0.5) is 0 Å². The number of carbonyl (C=O) groups is 3. The minimum absolute atomic E-state index is 0.107. The summed E-state index contributed by atoms with van der Waals surface area (Å²) in [6.07, 6.45) is 3.48. The number of esters is 1. The summed E-state index contributed by atoms with van der Waals surface area (Å²) in [7, 11) is 0. The van der Waals surface area contributed by atoms with E-state index in [1.54, 1.807) is 18.7 Å². The molecular formula is C17H19N3O4S. The zero-order valence-electron chi connectivity index (χ0n) is 14.1. The molecule has 0 saturated carbocycles. The number of likely N-dealkylation sites (tertiary alicyclic amines) is 1. The number of aromatic amines is 1. The predicted molar refractivity (Wildman–Crippen MR) is 92.1 cm³/mol. The summed E-state index contributed by atoms with van der Waals surface area (Å²) in [5.41, 5.74) is 1.30. The number of thiazole rings is 1. The SMILES string of the molecule is Cc1nc(C)c(C(=O)OCC(=O)c2c[nH]c(C(=O)N3CCCC3)c2)s1. The van der Waals surface area contributed by atoms with E-state index in [0.29, 0.717) is 21.8 Å². The number of nitrogens with one attached hydrogen (secondary N) is 1. The predicted octanol–water partition coefficient (Wildman–Crippen LogP) is 2.36. The average molecular weight is 361 g/mol. The molecule has 8 heteroatoms. The highest BCUT2D eigenvalue weighted by atomic mass is 32.1. The minimum atomic E-state index is -0.555. The second-order valence-corrected chi connectivity index (χ2v) is 7.15. The molecule has 3 rings (SSSR count). The molecule has 2 aromatic rings. The van der Waals surface area contributed by atoms with Gasteiger partial charge in [-0.15, -0.1) is 11.3 Å². The van der Waals surface area contributed by atoms with Gasteiger partial charge < -0.3 is 14.6 Å². The van der Waals surface area contributed by atoms with Crippen LogP contribution in [0.15, 0.2) is 12.3 Å². The van der Waals surface area contributed by atoms with E-state index in [9.17, 15) is 14.4 Å². The number of H-pyrrole nitrogens is 1. The van der Waals surface area contributed by atoms with Crippen LogP contribution in [0, 0.1) is 13.8 Å². The van der Waals surface area contributed by atoms with E-state index in [-0.39, 0.29) is 18.3 Å². The summed E-state index contributed by atoms with van der Waals surface area (Å²) in [6, 6.07) is 1.51. The van der Waals surface area contributed by atoms with Gasteiger partial charge in [-0.2, -0.15) is 0 Å². The Bertz CT molecular complexity index is 818. The molecule has 0 atom stereocenters. The summed E-state index contributed by atoms with van der Waals surface area (Å²) in [6.45, 7) is 4.64. The number of aryl methyl sites for hydroxylation is 2. The van der Waals surface area contributed by atoms with Gasteiger partial charge >= 0.3 is 5.97 Å². The van der Waals surface area contributed by atoms with Gasteiger partial charge in [0.2, 0.25) is 5.78 Å². The third-order valence-electron chi connectivity index (χ3n) is 4.05. The van der Waals surface area contributed by atoms with Crippen molar-refractivity contribution >= 4 is 29.0 Å². The lowest BCUT2D eigenvalue weighted by Gasteiger charge is -2.13. The van der Waals surface area contributed by atoms with Crippen molar-refractivity contribution in [3.63, 3.8) is 0 Å². The monoisotopic (exact) mass is 361 g/mol. The van der Waals surface area contributed by atoms with Crippen molar-refractivity contribution in [2.45, 2.75) is 26.7 Å². The number of hydrogen-bond acceptors (Lipinski definition) is 6. The third kappa shape index (κ3) is 3.79. The number of amides is 1. The van der Waals surface area contributed by atoms with Crippen molar-refractivity contribution in [1.29, 1.82) is 0 Å². The van der Waals surface area contributed by atoms with Gasteiger partial charge in [0.15, 0.2) is 6.61 Å². The zero-order valence-corrected chi connectivity index (χ0v) is 14.9. The summed E-state index contributed by atoms with van der Waals surface area (Å²) < 4.78 is 5.08. The molecule has 0 spiro atoms. The molecule has 0 unspecified atom stereocenters. The van der Waals surface area contributed by atoms with E-state index < -0.39 is 5.97 Å². The van der Waals surface area contributed by atoms with Gasteiger partial charge in [0, 0.05) is 24.8 Å². The highest BCUT2D eigenvalue weighted by Crippen LogP contribution is 2.18. The van der Waals surface area contributed by atoms with E-state index >= 15 is 0 Å². The highest BCUT2D eigenvalue weighted by Gasteiger charge is 2.22. The van der Waals surface area contributed by atoms with Crippen LogP contribution in [0.1, 0.15) is 54.1 Å². The molecule has 132 valence electrons. The van der Waals surface area contributed by atoms with Crippen LogP contribution < -0.4 is 0 Å². The van der Waals surface area contributed by atoms with Crippen LogP contribution in [0.25, 0.3) is 0 Å². The molecule has 3 heterocycles. The molecule has 1 N–H and O–H groups in total. The summed E-state index contributed by atoms with van der Waals surface area (Å²) in [5, 5.41) is 0.770. The Labute approximate surface area is 149 Å². The quantitative estimate of drug-likeness (QED) is 0.652. The van der Waals surface area contributed by atoms with E-state index in [1.807, 2.05) is 0 Å². The van der Waals surface area contributed by atoms with Crippen molar-refractivity contribution in [3.05, 3.63) is 39.1 Å². The Hall–Kier alpha value is -2.48. The van der Waals surface area contributed by atoms with Crippen LogP contribution >= 0.6 is 11.3 Å². The van der Waals surface area contributed by atoms with Crippen LogP contribution in [0.5, 0.6) is 0 Å². The zero-order chi connectivity index (χ0) is 18.0. The Morgan fingerprint density at radius 3 is 2.64 bits per heavy atom. The second kappa shape index (κ2) is 7.18. The molecule has 1 aliphatic rings. The molecule has 0 aliphatic carbocycles. The minimum Gasteiger partial charge on any atom is -0.453 e. The number of rotatable bonds is 5. The first kappa shape index (κ1) is 17.3. The molecule has 1 fully saturated rings. The lowest BCUT2D eigenvalue weighted by molar-refractivity contribution is 0.0478. The Kier molecular flexibility index (Phi) is 4.98. The molecule has 25 heavy (non-hydrogen) atoms. The largest absolute Gasteiger partial charge is 0.453 e. The Morgan fingerprint density at radius 2 is 2.00 bits per heavy atom. The maximum Gasteiger partial charge on any atom is 0.350 e. The topological polar surface area (TPSA) is 92.4 Å². The molecule has 7 nitrogen and oxygen atoms in total. The molecular weight excluding hydrogens is 342 g/mol. The highest BCUT2D eigenvalue weighted by molar-refractivity contribution is 7.13. The first-order valence-electron chi connectivity index (χ1n) is 8.07. The fourth-order valence-electron chi connectivity index (χ4n) is 2.77. The third-order valence-corrected chi connectivity index (χ3v) is 5.10. The van der Waals surface area contributed by atoms with Crippen molar-refractivity contribution < 1.29 is 19.1 Å². The first-order chi connectivity index (χ1) is 12.0. The first-order valence-corrected chi connectivity index (χ1v) is 8.89. The lowest BCUT2D eigenvalue weighted by atomic mass is 10.2. The van der Waals surface area contributed by atoms with Crippen LogP contribution in [0.3, 0.4) is 0 Å². The van der Waals surface area contributed by atoms with E-state index in [4.69, 9.17) is 4.74 Å². The summed E-state index contributed by atoms with van der Waals surface area (Å²) in [4.78, 5) is 45.7. The van der Waals surface area contributed by atoms with Gasteiger partial charge in [-0.05, 0) is 32.8 Å². The van der Waals surface area contributed by atoms with Gasteiger partial charge in [0.05, 0.1) is 10.7 Å². The van der Waals surface area contributed by atoms with E-state index in [1.165, 1.54) is 23.6 Å². The number of Topliss-reactive ketones (excluding diaryl/α,β-unsaturated/α-hetero) is 1.